The van der Waals surface area contributed by atoms with Crippen LogP contribution in [0.1, 0.15) is 34.5 Å². The van der Waals surface area contributed by atoms with Crippen LogP contribution >= 0.6 is 0 Å². The molecule has 0 radical (unpaired) electrons. The molecule has 0 spiro atoms. The lowest BCUT2D eigenvalue weighted by Gasteiger charge is -2.23. The van der Waals surface area contributed by atoms with Gasteiger partial charge >= 0.3 is 7.12 Å². The van der Waals surface area contributed by atoms with Gasteiger partial charge in [-0.15, -0.1) is 0 Å². The quantitative estimate of drug-likeness (QED) is 0.501. The van der Waals surface area contributed by atoms with Crippen LogP contribution in [-0.4, -0.2) is 50.4 Å². The van der Waals surface area contributed by atoms with Gasteiger partial charge in [-0.05, 0) is 31.7 Å². The lowest BCUT2D eigenvalue weighted by atomic mass is 9.75. The molecule has 4 N–H and O–H groups in total. The molecule has 0 saturated heterocycles. The second-order valence-electron chi connectivity index (χ2n) is 6.81. The van der Waals surface area contributed by atoms with Gasteiger partial charge in [-0.25, -0.2) is 4.98 Å². The summed E-state index contributed by atoms with van der Waals surface area (Å²) in [4.78, 5) is 32.7. The largest absolute Gasteiger partial charge is 0.475 e. The van der Waals surface area contributed by atoms with E-state index in [1.165, 1.54) is 18.6 Å². The number of carbonyl (C=O) groups excluding carboxylic acids is 2. The maximum Gasteiger partial charge on any atom is 0.475 e. The van der Waals surface area contributed by atoms with Crippen molar-refractivity contribution in [3.05, 3.63) is 59.7 Å². The van der Waals surface area contributed by atoms with Crippen molar-refractivity contribution >= 4 is 18.9 Å². The van der Waals surface area contributed by atoms with Gasteiger partial charge < -0.3 is 20.7 Å². The third-order valence-electron chi connectivity index (χ3n) is 4.59. The number of hydrogen-bond acceptors (Lipinski definition) is 6. The summed E-state index contributed by atoms with van der Waals surface area (Å²) in [6.07, 6.45) is 5.38. The van der Waals surface area contributed by atoms with Crippen LogP contribution in [0.2, 0.25) is 0 Å². The number of nitrogens with zero attached hydrogens (tertiary/aromatic N) is 2. The van der Waals surface area contributed by atoms with Crippen molar-refractivity contribution in [2.24, 2.45) is 0 Å². The lowest BCUT2D eigenvalue weighted by molar-refractivity contribution is -0.124. The first kappa shape index (κ1) is 19.0. The summed E-state index contributed by atoms with van der Waals surface area (Å²) < 4.78 is 0. The van der Waals surface area contributed by atoms with Gasteiger partial charge in [0.15, 0.2) is 0 Å². The Bertz CT molecular complexity index is 810. The van der Waals surface area contributed by atoms with E-state index in [1.54, 1.807) is 0 Å². The summed E-state index contributed by atoms with van der Waals surface area (Å²) in [5.41, 5.74) is 1.03. The number of rotatable bonds is 7. The number of amides is 2. The number of aryl methyl sites for hydroxylation is 1. The minimum Gasteiger partial charge on any atom is -0.426 e. The first-order chi connectivity index (χ1) is 12.9. The van der Waals surface area contributed by atoms with Crippen LogP contribution < -0.4 is 10.6 Å². The van der Waals surface area contributed by atoms with Gasteiger partial charge in [-0.2, -0.15) is 0 Å². The molecule has 1 aromatic carbocycles. The van der Waals surface area contributed by atoms with Gasteiger partial charge in [0, 0.05) is 12.4 Å². The van der Waals surface area contributed by atoms with E-state index < -0.39 is 30.4 Å². The molecule has 1 aliphatic rings. The molecule has 8 nitrogen and oxygen atoms in total. The fourth-order valence-corrected chi connectivity index (χ4v) is 2.75. The van der Waals surface area contributed by atoms with Crippen LogP contribution in [0.4, 0.5) is 0 Å². The van der Waals surface area contributed by atoms with Gasteiger partial charge in [-0.3, -0.25) is 14.6 Å². The minimum absolute atomic E-state index is 0.120. The van der Waals surface area contributed by atoms with Crippen molar-refractivity contribution in [3.8, 4) is 0 Å². The maximum atomic E-state index is 12.7. The van der Waals surface area contributed by atoms with Crippen LogP contribution in [0.3, 0.4) is 0 Å². The van der Waals surface area contributed by atoms with Gasteiger partial charge in [0.2, 0.25) is 5.91 Å². The van der Waals surface area contributed by atoms with E-state index in [1.807, 2.05) is 31.2 Å². The van der Waals surface area contributed by atoms with Crippen LogP contribution in [-0.2, 0) is 11.2 Å². The van der Waals surface area contributed by atoms with E-state index in [0.717, 1.165) is 11.1 Å². The molecular formula is C18H21BN4O4. The van der Waals surface area contributed by atoms with E-state index >= 15 is 0 Å². The lowest BCUT2D eigenvalue weighted by Crippen LogP contribution is -2.56. The molecule has 140 valence electrons. The first-order valence-corrected chi connectivity index (χ1v) is 8.71. The highest BCUT2D eigenvalue weighted by Crippen LogP contribution is 2.36. The molecule has 1 aliphatic carbocycles. The third-order valence-corrected chi connectivity index (χ3v) is 4.59. The Morgan fingerprint density at radius 2 is 1.93 bits per heavy atom. The highest BCUT2D eigenvalue weighted by atomic mass is 16.4. The Morgan fingerprint density at radius 3 is 2.48 bits per heavy atom. The van der Waals surface area contributed by atoms with Crippen molar-refractivity contribution in [2.75, 3.05) is 0 Å². The van der Waals surface area contributed by atoms with E-state index in [4.69, 9.17) is 0 Å². The number of benzene rings is 1. The van der Waals surface area contributed by atoms with Crippen molar-refractivity contribution in [2.45, 2.75) is 37.7 Å². The summed E-state index contributed by atoms with van der Waals surface area (Å²) in [6.45, 7) is 1.96. The number of carbonyl (C=O) groups is 2. The average Bonchev–Trinajstić information content (AvgIpc) is 3.44. The highest BCUT2D eigenvalue weighted by Gasteiger charge is 2.52. The topological polar surface area (TPSA) is 124 Å². The summed E-state index contributed by atoms with van der Waals surface area (Å²) in [6, 6.07) is 7.59. The molecule has 3 rings (SSSR count). The zero-order chi connectivity index (χ0) is 19.4. The molecular weight excluding hydrogens is 347 g/mol. The van der Waals surface area contributed by atoms with Crippen molar-refractivity contribution < 1.29 is 19.6 Å². The normalized spacial score (nSPS) is 15.5. The highest BCUT2D eigenvalue weighted by molar-refractivity contribution is 6.43. The van der Waals surface area contributed by atoms with Gasteiger partial charge in [0.1, 0.15) is 11.2 Å². The molecule has 27 heavy (non-hydrogen) atoms. The third kappa shape index (κ3) is 4.69. The molecule has 2 amide bonds. The van der Waals surface area contributed by atoms with E-state index in [0.29, 0.717) is 12.8 Å². The monoisotopic (exact) mass is 368 g/mol. The number of aromatic nitrogens is 2. The molecule has 0 bridgehead atoms. The standard InChI is InChI=1S/C18H21BN4O4/c1-12-2-4-13(5-3-12)10-15(19(26)27)22-17(25)18(6-7-18)23-16(24)14-11-20-8-9-21-14/h2-5,8-9,11,15,26-27H,6-7,10H2,1H3,(H,22,25)(H,23,24)/t15-/m0/s1. The van der Waals surface area contributed by atoms with Crippen molar-refractivity contribution in [1.29, 1.82) is 0 Å². The summed E-state index contributed by atoms with van der Waals surface area (Å²) in [5, 5.41) is 24.6. The maximum absolute atomic E-state index is 12.7. The summed E-state index contributed by atoms with van der Waals surface area (Å²) in [5.74, 6) is -1.81. The van der Waals surface area contributed by atoms with Crippen LogP contribution in [0, 0.1) is 6.92 Å². The zero-order valence-corrected chi connectivity index (χ0v) is 14.9. The second kappa shape index (κ2) is 7.85. The van der Waals surface area contributed by atoms with Crippen LogP contribution in [0.5, 0.6) is 0 Å². The predicted molar refractivity (Wildman–Crippen MR) is 98.5 cm³/mol. The summed E-state index contributed by atoms with van der Waals surface area (Å²) >= 11 is 0. The van der Waals surface area contributed by atoms with Gasteiger partial charge in [-0.1, -0.05) is 29.8 Å². The summed E-state index contributed by atoms with van der Waals surface area (Å²) in [7, 11) is -1.72. The Labute approximate surface area is 157 Å². The molecule has 1 aromatic heterocycles. The number of nitrogens with one attached hydrogen (secondary N) is 2. The minimum atomic E-state index is -1.72. The van der Waals surface area contributed by atoms with E-state index in [-0.39, 0.29) is 12.1 Å². The number of hydrogen-bond donors (Lipinski definition) is 4. The Hall–Kier alpha value is -2.78. The second-order valence-corrected chi connectivity index (χ2v) is 6.81. The Morgan fingerprint density at radius 1 is 1.22 bits per heavy atom. The smallest absolute Gasteiger partial charge is 0.426 e. The molecule has 1 saturated carbocycles. The van der Waals surface area contributed by atoms with Crippen LogP contribution in [0.25, 0.3) is 0 Å². The van der Waals surface area contributed by atoms with Crippen molar-refractivity contribution in [1.82, 2.24) is 20.6 Å². The van der Waals surface area contributed by atoms with Gasteiger partial charge in [0.05, 0.1) is 12.1 Å². The molecule has 1 fully saturated rings. The molecule has 0 aliphatic heterocycles. The SMILES string of the molecule is Cc1ccc(C[C@H](NC(=O)C2(NC(=O)c3cnccn3)CC2)B(O)O)cc1. The van der Waals surface area contributed by atoms with Crippen molar-refractivity contribution in [3.63, 3.8) is 0 Å². The van der Waals surface area contributed by atoms with E-state index in [2.05, 4.69) is 20.6 Å². The molecule has 1 atom stereocenters. The zero-order valence-electron chi connectivity index (χ0n) is 14.9. The molecule has 9 heteroatoms. The van der Waals surface area contributed by atoms with Gasteiger partial charge in [0.25, 0.3) is 5.91 Å². The molecule has 2 aromatic rings. The average molecular weight is 368 g/mol. The molecule has 1 heterocycles. The molecule has 0 unspecified atom stereocenters. The fourth-order valence-electron chi connectivity index (χ4n) is 2.75. The Kier molecular flexibility index (Phi) is 5.52. The van der Waals surface area contributed by atoms with E-state index in [9.17, 15) is 19.6 Å². The predicted octanol–water partition coefficient (Wildman–Crippen LogP) is -0.213. The van der Waals surface area contributed by atoms with Crippen LogP contribution in [0.15, 0.2) is 42.9 Å². The Balaban J connectivity index is 1.64. The fraction of sp³-hybridized carbons (Fsp3) is 0.333. The first-order valence-electron chi connectivity index (χ1n) is 8.71.